The highest BCUT2D eigenvalue weighted by molar-refractivity contribution is 5.95. The predicted octanol–water partition coefficient (Wildman–Crippen LogP) is -1.94. The van der Waals surface area contributed by atoms with E-state index in [0.29, 0.717) is 11.1 Å². The first-order valence-corrected chi connectivity index (χ1v) is 15.7. The normalized spacial score (nSPS) is 14.7. The minimum absolute atomic E-state index is 0.0119. The van der Waals surface area contributed by atoms with Crippen LogP contribution in [0.3, 0.4) is 0 Å². The van der Waals surface area contributed by atoms with Gasteiger partial charge < -0.3 is 52.7 Å². The second kappa shape index (κ2) is 19.7. The Morgan fingerprint density at radius 1 is 0.714 bits per heavy atom. The number of hydrogen-bond donors (Lipinski definition) is 10. The molecular weight excluding hydrogens is 640 g/mol. The van der Waals surface area contributed by atoms with Crippen molar-refractivity contribution in [2.75, 3.05) is 13.2 Å². The zero-order valence-corrected chi connectivity index (χ0v) is 27.6. The van der Waals surface area contributed by atoms with Crippen LogP contribution in [-0.2, 0) is 41.6 Å². The second-order valence-corrected chi connectivity index (χ2v) is 12.0. The van der Waals surface area contributed by atoms with Crippen molar-refractivity contribution in [1.82, 2.24) is 26.6 Å². The van der Waals surface area contributed by atoms with E-state index in [1.54, 1.807) is 56.3 Å². The van der Waals surface area contributed by atoms with Crippen LogP contribution < -0.4 is 32.3 Å². The number of amides is 5. The third kappa shape index (κ3) is 13.9. The van der Waals surface area contributed by atoms with Crippen molar-refractivity contribution >= 4 is 35.5 Å². The Bertz CT molecular complexity index is 1420. The van der Waals surface area contributed by atoms with E-state index in [2.05, 4.69) is 26.6 Å². The summed E-state index contributed by atoms with van der Waals surface area (Å²) in [5, 5.41) is 50.1. The molecule has 0 aliphatic rings. The van der Waals surface area contributed by atoms with Gasteiger partial charge in [0.05, 0.1) is 25.3 Å². The van der Waals surface area contributed by atoms with Gasteiger partial charge in [-0.15, -0.1) is 0 Å². The number of carbonyl (C=O) groups excluding carboxylic acids is 5. The summed E-state index contributed by atoms with van der Waals surface area (Å²) < 4.78 is 0. The average Bonchev–Trinajstić information content (AvgIpc) is 3.05. The third-order valence-electron chi connectivity index (χ3n) is 7.29. The monoisotopic (exact) mass is 686 g/mol. The van der Waals surface area contributed by atoms with Crippen LogP contribution in [0, 0.1) is 5.92 Å². The Labute approximate surface area is 283 Å². The lowest BCUT2D eigenvalue weighted by molar-refractivity contribution is -0.143. The molecular formula is C33H46N6O10. The first-order valence-electron chi connectivity index (χ1n) is 15.7. The molecule has 268 valence electrons. The van der Waals surface area contributed by atoms with Crippen LogP contribution >= 0.6 is 0 Å². The number of aliphatic hydroxyl groups excluding tert-OH is 2. The van der Waals surface area contributed by atoms with E-state index in [9.17, 15) is 49.2 Å². The molecule has 0 unspecified atom stereocenters. The number of phenols is 1. The van der Waals surface area contributed by atoms with Crippen LogP contribution in [-0.4, -0.2) is 105 Å². The van der Waals surface area contributed by atoms with Crippen LogP contribution in [0.5, 0.6) is 5.75 Å². The summed E-state index contributed by atoms with van der Waals surface area (Å²) in [7, 11) is 0. The molecule has 49 heavy (non-hydrogen) atoms. The summed E-state index contributed by atoms with van der Waals surface area (Å²) in [5.41, 5.74) is 7.28. The van der Waals surface area contributed by atoms with Crippen LogP contribution in [0.4, 0.5) is 0 Å². The smallest absolute Gasteiger partial charge is 0.328 e. The van der Waals surface area contributed by atoms with Gasteiger partial charge in [-0.25, -0.2) is 4.79 Å². The fourth-order valence-electron chi connectivity index (χ4n) is 4.66. The van der Waals surface area contributed by atoms with E-state index in [-0.39, 0.29) is 30.9 Å². The largest absolute Gasteiger partial charge is 0.508 e. The molecule has 0 aliphatic carbocycles. The summed E-state index contributed by atoms with van der Waals surface area (Å²) in [5.74, 6) is -5.59. The highest BCUT2D eigenvalue weighted by Crippen LogP contribution is 2.12. The molecule has 0 saturated carbocycles. The lowest BCUT2D eigenvalue weighted by Gasteiger charge is -2.25. The summed E-state index contributed by atoms with van der Waals surface area (Å²) >= 11 is 0. The molecule has 0 aliphatic heterocycles. The van der Waals surface area contributed by atoms with Gasteiger partial charge in [0.2, 0.25) is 29.5 Å². The number of aliphatic hydroxyl groups is 2. The first kappa shape index (κ1) is 40.1. The van der Waals surface area contributed by atoms with E-state index < -0.39 is 85.0 Å². The lowest BCUT2D eigenvalue weighted by Crippen LogP contribution is -2.59. The van der Waals surface area contributed by atoms with Crippen molar-refractivity contribution in [2.24, 2.45) is 11.7 Å². The minimum atomic E-state index is -1.59. The molecule has 0 heterocycles. The van der Waals surface area contributed by atoms with Gasteiger partial charge in [0.15, 0.2) is 0 Å². The number of hydrogen-bond acceptors (Lipinski definition) is 10. The summed E-state index contributed by atoms with van der Waals surface area (Å²) in [6.07, 6.45) is -1.20. The van der Waals surface area contributed by atoms with Crippen molar-refractivity contribution in [3.05, 3.63) is 65.7 Å². The number of benzene rings is 2. The number of carbonyl (C=O) groups is 6. The fraction of sp³-hybridized carbons (Fsp3) is 0.455. The van der Waals surface area contributed by atoms with Gasteiger partial charge in [0, 0.05) is 6.42 Å². The Morgan fingerprint density at radius 2 is 1.29 bits per heavy atom. The predicted molar refractivity (Wildman–Crippen MR) is 177 cm³/mol. The number of nitrogens with one attached hydrogen (secondary N) is 5. The maximum Gasteiger partial charge on any atom is 0.328 e. The number of carboxylic acid groups (broad SMARTS) is 1. The highest BCUT2D eigenvalue weighted by Gasteiger charge is 2.31. The zero-order chi connectivity index (χ0) is 36.7. The third-order valence-corrected chi connectivity index (χ3v) is 7.29. The average molecular weight is 687 g/mol. The number of aromatic hydroxyl groups is 1. The van der Waals surface area contributed by atoms with Crippen molar-refractivity contribution in [3.8, 4) is 5.75 Å². The molecule has 0 spiro atoms. The SMILES string of the molecule is CC(C)C[C@H](NC(=O)[C@H](Cc1ccccc1)NC(=O)CNC(=O)[C@H](NC(=O)[C@@H](N)Cc1ccc(O)cc1)[C@@H](C)O)C(=O)N[C@@H](CO)C(=O)O. The van der Waals surface area contributed by atoms with E-state index in [1.165, 1.54) is 19.1 Å². The van der Waals surface area contributed by atoms with Gasteiger partial charge in [0.25, 0.3) is 0 Å². The van der Waals surface area contributed by atoms with E-state index in [4.69, 9.17) is 5.73 Å². The summed E-state index contributed by atoms with van der Waals surface area (Å²) in [6, 6.07) is 8.06. The summed E-state index contributed by atoms with van der Waals surface area (Å²) in [6.45, 7) is 3.31. The molecule has 2 rings (SSSR count). The molecule has 0 saturated heterocycles. The number of aliphatic carboxylic acids is 1. The standard InChI is InChI=1S/C33H46N6O10/c1-18(2)13-24(30(45)38-26(17-40)33(48)49)37-31(46)25(15-20-7-5-4-6-8-20)36-27(43)16-35-32(47)28(19(3)41)39-29(44)23(34)14-21-9-11-22(42)12-10-21/h4-12,18-19,23-26,28,40-42H,13-17,34H2,1-3H3,(H,35,47)(H,36,43)(H,37,46)(H,38,45)(H,39,44)(H,48,49)/t19-,23+,24+,25+,26+,28-/m1/s1. The van der Waals surface area contributed by atoms with Crippen molar-refractivity contribution in [1.29, 1.82) is 0 Å². The molecule has 11 N–H and O–H groups in total. The lowest BCUT2D eigenvalue weighted by atomic mass is 10.0. The van der Waals surface area contributed by atoms with E-state index in [1.807, 2.05) is 0 Å². The molecule has 0 aromatic heterocycles. The zero-order valence-electron chi connectivity index (χ0n) is 27.6. The Kier molecular flexibility index (Phi) is 16.1. The number of phenolic OH excluding ortho intramolecular Hbond substituents is 1. The summed E-state index contributed by atoms with van der Waals surface area (Å²) in [4.78, 5) is 76.3. The van der Waals surface area contributed by atoms with E-state index >= 15 is 0 Å². The van der Waals surface area contributed by atoms with Crippen LogP contribution in [0.15, 0.2) is 54.6 Å². The van der Waals surface area contributed by atoms with Crippen molar-refractivity contribution in [3.63, 3.8) is 0 Å². The molecule has 0 fully saturated rings. The molecule has 6 atom stereocenters. The van der Waals surface area contributed by atoms with Crippen LogP contribution in [0.1, 0.15) is 38.3 Å². The fourth-order valence-corrected chi connectivity index (χ4v) is 4.66. The Hall–Kier alpha value is -5.06. The maximum absolute atomic E-state index is 13.5. The first-order chi connectivity index (χ1) is 23.1. The molecule has 0 radical (unpaired) electrons. The maximum atomic E-state index is 13.5. The Balaban J connectivity index is 2.11. The Morgan fingerprint density at radius 3 is 1.84 bits per heavy atom. The number of nitrogens with two attached hydrogens (primary N) is 1. The van der Waals surface area contributed by atoms with E-state index in [0.717, 1.165) is 0 Å². The van der Waals surface area contributed by atoms with Gasteiger partial charge in [-0.1, -0.05) is 56.3 Å². The van der Waals surface area contributed by atoms with Gasteiger partial charge >= 0.3 is 5.97 Å². The molecule has 2 aromatic rings. The topological polar surface area (TPSA) is 270 Å². The highest BCUT2D eigenvalue weighted by atomic mass is 16.4. The van der Waals surface area contributed by atoms with Gasteiger partial charge in [-0.2, -0.15) is 0 Å². The van der Waals surface area contributed by atoms with Crippen molar-refractivity contribution in [2.45, 2.75) is 76.3 Å². The molecule has 16 heteroatoms. The van der Waals surface area contributed by atoms with Crippen LogP contribution in [0.2, 0.25) is 0 Å². The minimum Gasteiger partial charge on any atom is -0.508 e. The molecule has 0 bridgehead atoms. The molecule has 2 aromatic carbocycles. The van der Waals surface area contributed by atoms with Crippen LogP contribution in [0.25, 0.3) is 0 Å². The molecule has 16 nitrogen and oxygen atoms in total. The van der Waals surface area contributed by atoms with Gasteiger partial charge in [-0.3, -0.25) is 24.0 Å². The van der Waals surface area contributed by atoms with Crippen molar-refractivity contribution < 1.29 is 49.2 Å². The molecule has 5 amide bonds. The second-order valence-electron chi connectivity index (χ2n) is 12.0. The number of carboxylic acids is 1. The quantitative estimate of drug-likeness (QED) is 0.0777. The van der Waals surface area contributed by atoms with Gasteiger partial charge in [-0.05, 0) is 48.9 Å². The van der Waals surface area contributed by atoms with Gasteiger partial charge in [0.1, 0.15) is 29.9 Å². The number of rotatable bonds is 19.